The largest absolute Gasteiger partial charge is 0.322 e. The van der Waals surface area contributed by atoms with Crippen LogP contribution in [0.4, 0.5) is 10.1 Å². The van der Waals surface area contributed by atoms with E-state index in [2.05, 4.69) is 40.0 Å². The van der Waals surface area contributed by atoms with Crippen molar-refractivity contribution in [3.8, 4) is 0 Å². The van der Waals surface area contributed by atoms with Gasteiger partial charge < -0.3 is 5.32 Å². The number of benzene rings is 1. The molecule has 0 unspecified atom stereocenters. The molecule has 1 aromatic rings. The number of nitrogens with one attached hydrogen (secondary N) is 1. The van der Waals surface area contributed by atoms with E-state index in [9.17, 15) is 9.18 Å². The van der Waals surface area contributed by atoms with Gasteiger partial charge in [0.15, 0.2) is 0 Å². The average molecular weight is 343 g/mol. The molecule has 1 aliphatic rings. The molecular formula is C15H20BrFN2O. The van der Waals surface area contributed by atoms with Crippen molar-refractivity contribution in [1.82, 2.24) is 4.90 Å². The molecule has 3 nitrogen and oxygen atoms in total. The minimum Gasteiger partial charge on any atom is -0.322 e. The molecule has 2 atom stereocenters. The highest BCUT2D eigenvalue weighted by molar-refractivity contribution is 9.10. The van der Waals surface area contributed by atoms with Crippen LogP contribution in [0.2, 0.25) is 0 Å². The summed E-state index contributed by atoms with van der Waals surface area (Å²) in [6, 6.07) is 4.63. The van der Waals surface area contributed by atoms with E-state index in [1.807, 2.05) is 0 Å². The molecule has 20 heavy (non-hydrogen) atoms. The van der Waals surface area contributed by atoms with Gasteiger partial charge >= 0.3 is 0 Å². The third-order valence-corrected chi connectivity index (χ3v) is 4.01. The summed E-state index contributed by atoms with van der Waals surface area (Å²) in [5.41, 5.74) is 0.233. The van der Waals surface area contributed by atoms with E-state index >= 15 is 0 Å². The van der Waals surface area contributed by atoms with E-state index in [0.29, 0.717) is 22.9 Å². The van der Waals surface area contributed by atoms with E-state index in [-0.39, 0.29) is 11.6 Å². The van der Waals surface area contributed by atoms with Crippen molar-refractivity contribution in [2.24, 2.45) is 11.8 Å². The van der Waals surface area contributed by atoms with Gasteiger partial charge in [0.1, 0.15) is 5.82 Å². The smallest absolute Gasteiger partial charge is 0.238 e. The quantitative estimate of drug-likeness (QED) is 0.911. The summed E-state index contributed by atoms with van der Waals surface area (Å²) in [6.07, 6.45) is 1.21. The van der Waals surface area contributed by atoms with Crippen molar-refractivity contribution in [1.29, 1.82) is 0 Å². The van der Waals surface area contributed by atoms with Crippen LogP contribution in [0, 0.1) is 17.7 Å². The van der Waals surface area contributed by atoms with Crippen molar-refractivity contribution in [2.75, 3.05) is 25.0 Å². The topological polar surface area (TPSA) is 32.3 Å². The molecule has 1 fully saturated rings. The number of hydrogen-bond donors (Lipinski definition) is 1. The number of piperidine rings is 1. The first-order valence-electron chi connectivity index (χ1n) is 6.91. The molecule has 110 valence electrons. The third kappa shape index (κ3) is 4.28. The molecule has 1 heterocycles. The van der Waals surface area contributed by atoms with Gasteiger partial charge in [-0.05, 0) is 36.5 Å². The van der Waals surface area contributed by atoms with E-state index in [0.717, 1.165) is 13.1 Å². The second-order valence-corrected chi connectivity index (χ2v) is 6.73. The number of amides is 1. The first-order valence-corrected chi connectivity index (χ1v) is 7.70. The fourth-order valence-corrected chi connectivity index (χ4v) is 3.24. The second kappa shape index (κ2) is 6.68. The molecule has 1 aliphatic heterocycles. The van der Waals surface area contributed by atoms with Crippen LogP contribution in [0.3, 0.4) is 0 Å². The molecule has 1 N–H and O–H groups in total. The fraction of sp³-hybridized carbons (Fsp3) is 0.533. The SMILES string of the molecule is C[C@H]1C[C@H](C)CN(CC(=O)Nc2ccc(Br)cc2F)C1. The number of carbonyl (C=O) groups excluding carboxylic acids is 1. The lowest BCUT2D eigenvalue weighted by Crippen LogP contribution is -2.42. The molecular weight excluding hydrogens is 323 g/mol. The fourth-order valence-electron chi connectivity index (χ4n) is 2.90. The highest BCUT2D eigenvalue weighted by Gasteiger charge is 2.23. The van der Waals surface area contributed by atoms with E-state index < -0.39 is 5.82 Å². The van der Waals surface area contributed by atoms with Gasteiger partial charge in [0.25, 0.3) is 0 Å². The first kappa shape index (κ1) is 15.4. The van der Waals surface area contributed by atoms with E-state index in [4.69, 9.17) is 0 Å². The van der Waals surface area contributed by atoms with Crippen LogP contribution in [0.5, 0.6) is 0 Å². The first-order chi connectivity index (χ1) is 9.44. The van der Waals surface area contributed by atoms with Crippen LogP contribution >= 0.6 is 15.9 Å². The summed E-state index contributed by atoms with van der Waals surface area (Å²) in [7, 11) is 0. The van der Waals surface area contributed by atoms with Crippen LogP contribution in [-0.2, 0) is 4.79 Å². The lowest BCUT2D eigenvalue weighted by atomic mass is 9.92. The molecule has 5 heteroatoms. The van der Waals surface area contributed by atoms with Crippen LogP contribution < -0.4 is 5.32 Å². The minimum atomic E-state index is -0.423. The Balaban J connectivity index is 1.92. The van der Waals surface area contributed by atoms with Gasteiger partial charge in [-0.15, -0.1) is 0 Å². The Morgan fingerprint density at radius 1 is 1.40 bits per heavy atom. The maximum Gasteiger partial charge on any atom is 0.238 e. The maximum atomic E-state index is 13.7. The van der Waals surface area contributed by atoms with Crippen LogP contribution in [0.15, 0.2) is 22.7 Å². The van der Waals surface area contributed by atoms with Gasteiger partial charge in [-0.25, -0.2) is 4.39 Å². The van der Waals surface area contributed by atoms with Gasteiger partial charge in [0, 0.05) is 17.6 Å². The molecule has 0 saturated carbocycles. The molecule has 0 radical (unpaired) electrons. The summed E-state index contributed by atoms with van der Waals surface area (Å²) >= 11 is 3.19. The average Bonchev–Trinajstić information content (AvgIpc) is 2.31. The highest BCUT2D eigenvalue weighted by Crippen LogP contribution is 2.22. The Labute approximate surface area is 127 Å². The Morgan fingerprint density at radius 3 is 2.65 bits per heavy atom. The molecule has 1 amide bonds. The maximum absolute atomic E-state index is 13.7. The predicted molar refractivity (Wildman–Crippen MR) is 82.1 cm³/mol. The highest BCUT2D eigenvalue weighted by atomic mass is 79.9. The number of carbonyl (C=O) groups is 1. The molecule has 0 aromatic heterocycles. The summed E-state index contributed by atoms with van der Waals surface area (Å²) < 4.78 is 14.3. The van der Waals surface area contributed by atoms with E-state index in [1.165, 1.54) is 12.5 Å². The van der Waals surface area contributed by atoms with Gasteiger partial charge in [-0.3, -0.25) is 9.69 Å². The van der Waals surface area contributed by atoms with Crippen LogP contribution in [-0.4, -0.2) is 30.4 Å². The van der Waals surface area contributed by atoms with Gasteiger partial charge in [-0.2, -0.15) is 0 Å². The van der Waals surface area contributed by atoms with Crippen molar-refractivity contribution in [3.63, 3.8) is 0 Å². The van der Waals surface area contributed by atoms with Crippen molar-refractivity contribution < 1.29 is 9.18 Å². The standard InChI is InChI=1S/C15H20BrFN2O/c1-10-5-11(2)8-19(7-10)9-15(20)18-14-4-3-12(16)6-13(14)17/h3-4,6,10-11H,5,7-9H2,1-2H3,(H,18,20)/t10-,11-/m0/s1. The molecule has 0 bridgehead atoms. The normalized spacial score (nSPS) is 23.6. The number of anilines is 1. The monoisotopic (exact) mass is 342 g/mol. The van der Waals surface area contributed by atoms with Gasteiger partial charge in [-0.1, -0.05) is 29.8 Å². The molecule has 1 saturated heterocycles. The minimum absolute atomic E-state index is 0.160. The summed E-state index contributed by atoms with van der Waals surface area (Å²) in [6.45, 7) is 6.59. The van der Waals surface area contributed by atoms with Crippen LogP contribution in [0.1, 0.15) is 20.3 Å². The Hall–Kier alpha value is -0.940. The lowest BCUT2D eigenvalue weighted by Gasteiger charge is -2.34. The summed E-state index contributed by atoms with van der Waals surface area (Å²) in [4.78, 5) is 14.1. The number of halogens is 2. The number of hydrogen-bond acceptors (Lipinski definition) is 2. The second-order valence-electron chi connectivity index (χ2n) is 5.81. The van der Waals surface area contributed by atoms with Crippen molar-refractivity contribution in [2.45, 2.75) is 20.3 Å². The Morgan fingerprint density at radius 2 is 2.05 bits per heavy atom. The van der Waals surface area contributed by atoms with Crippen molar-refractivity contribution in [3.05, 3.63) is 28.5 Å². The number of rotatable bonds is 3. The van der Waals surface area contributed by atoms with E-state index in [1.54, 1.807) is 12.1 Å². The molecule has 0 aliphatic carbocycles. The van der Waals surface area contributed by atoms with Gasteiger partial charge in [0.2, 0.25) is 5.91 Å². The molecule has 2 rings (SSSR count). The zero-order chi connectivity index (χ0) is 14.7. The number of likely N-dealkylation sites (tertiary alicyclic amines) is 1. The Kier molecular flexibility index (Phi) is 5.16. The van der Waals surface area contributed by atoms with Gasteiger partial charge in [0.05, 0.1) is 12.2 Å². The number of nitrogens with zero attached hydrogens (tertiary/aromatic N) is 1. The lowest BCUT2D eigenvalue weighted by molar-refractivity contribution is -0.117. The molecule has 1 aromatic carbocycles. The summed E-state index contributed by atoms with van der Waals surface area (Å²) in [5.74, 6) is 0.632. The molecule has 0 spiro atoms. The van der Waals surface area contributed by atoms with Crippen LogP contribution in [0.25, 0.3) is 0 Å². The predicted octanol–water partition coefficient (Wildman–Crippen LogP) is 3.50. The summed E-state index contributed by atoms with van der Waals surface area (Å²) in [5, 5.41) is 2.64. The van der Waals surface area contributed by atoms with Crippen molar-refractivity contribution >= 4 is 27.5 Å². The zero-order valence-corrected chi connectivity index (χ0v) is 13.4. The third-order valence-electron chi connectivity index (χ3n) is 3.52. The Bertz CT molecular complexity index is 485. The zero-order valence-electron chi connectivity index (χ0n) is 11.8.